The molecule has 0 radical (unpaired) electrons. The van der Waals surface area contributed by atoms with Gasteiger partial charge in [-0.05, 0) is 48.8 Å². The molecule has 0 atom stereocenters. The number of rotatable bonds is 2. The third-order valence-electron chi connectivity index (χ3n) is 1.34. The van der Waals surface area contributed by atoms with Crippen LogP contribution in [0.4, 0.5) is 4.79 Å². The highest BCUT2D eigenvalue weighted by molar-refractivity contribution is 9.11. The van der Waals surface area contributed by atoms with Crippen LogP contribution in [0.1, 0.15) is 25.6 Å². The molecule has 0 aromatic carbocycles. The SMILES string of the molecule is CC(C)(C)OC(=O)N/N=C/c1ccc(Br)s1. The molecule has 0 saturated heterocycles. The van der Waals surface area contributed by atoms with Crippen LogP contribution in [0.5, 0.6) is 0 Å². The standard InChI is InChI=1S/C10H13BrN2O2S/c1-10(2,3)15-9(14)13-12-6-7-4-5-8(11)16-7/h4-6H,1-3H3,(H,13,14)/b12-6+. The molecule has 1 N–H and O–H groups in total. The zero-order valence-corrected chi connectivity index (χ0v) is 11.7. The van der Waals surface area contributed by atoms with Gasteiger partial charge in [-0.25, -0.2) is 10.2 Å². The van der Waals surface area contributed by atoms with E-state index in [2.05, 4.69) is 26.5 Å². The van der Waals surface area contributed by atoms with Crippen molar-refractivity contribution in [2.75, 3.05) is 0 Å². The second kappa shape index (κ2) is 5.45. The number of amides is 1. The number of ether oxygens (including phenoxy) is 1. The van der Waals surface area contributed by atoms with E-state index in [-0.39, 0.29) is 0 Å². The maximum absolute atomic E-state index is 11.2. The number of thiophene rings is 1. The second-order valence-corrected chi connectivity index (χ2v) is 6.51. The second-order valence-electron chi connectivity index (χ2n) is 4.01. The average molecular weight is 305 g/mol. The van der Waals surface area contributed by atoms with Gasteiger partial charge in [0, 0.05) is 4.88 Å². The highest BCUT2D eigenvalue weighted by Gasteiger charge is 2.15. The van der Waals surface area contributed by atoms with Gasteiger partial charge in [-0.2, -0.15) is 5.10 Å². The van der Waals surface area contributed by atoms with Gasteiger partial charge in [0.1, 0.15) is 5.60 Å². The number of nitrogens with one attached hydrogen (secondary N) is 1. The molecule has 1 aromatic rings. The Kier molecular flexibility index (Phi) is 4.49. The first-order chi connectivity index (χ1) is 7.37. The summed E-state index contributed by atoms with van der Waals surface area (Å²) in [5.41, 5.74) is 1.79. The van der Waals surface area contributed by atoms with Crippen molar-refractivity contribution in [3.63, 3.8) is 0 Å². The Morgan fingerprint density at radius 2 is 2.25 bits per heavy atom. The summed E-state index contributed by atoms with van der Waals surface area (Å²) < 4.78 is 6.03. The summed E-state index contributed by atoms with van der Waals surface area (Å²) in [4.78, 5) is 12.1. The zero-order chi connectivity index (χ0) is 12.2. The molecule has 4 nitrogen and oxygen atoms in total. The molecule has 0 aliphatic rings. The summed E-state index contributed by atoms with van der Waals surface area (Å²) >= 11 is 4.87. The lowest BCUT2D eigenvalue weighted by Gasteiger charge is -2.18. The maximum Gasteiger partial charge on any atom is 0.428 e. The van der Waals surface area contributed by atoms with E-state index in [0.717, 1.165) is 8.66 Å². The van der Waals surface area contributed by atoms with Gasteiger partial charge in [-0.1, -0.05) is 0 Å². The minimum absolute atomic E-state index is 0.508. The van der Waals surface area contributed by atoms with Gasteiger partial charge in [0.15, 0.2) is 0 Å². The first-order valence-corrected chi connectivity index (χ1v) is 6.25. The summed E-state index contributed by atoms with van der Waals surface area (Å²) in [6, 6.07) is 3.81. The Labute approximate surface area is 107 Å². The Balaban J connectivity index is 2.40. The van der Waals surface area contributed by atoms with Crippen molar-refractivity contribution in [3.05, 3.63) is 20.8 Å². The molecule has 0 spiro atoms. The van der Waals surface area contributed by atoms with Crippen LogP contribution in [0, 0.1) is 0 Å². The fraction of sp³-hybridized carbons (Fsp3) is 0.400. The molecule has 1 heterocycles. The van der Waals surface area contributed by atoms with Crippen LogP contribution in [0.15, 0.2) is 21.0 Å². The largest absolute Gasteiger partial charge is 0.443 e. The smallest absolute Gasteiger partial charge is 0.428 e. The topological polar surface area (TPSA) is 50.7 Å². The Morgan fingerprint density at radius 1 is 1.56 bits per heavy atom. The summed E-state index contributed by atoms with van der Waals surface area (Å²) in [6.07, 6.45) is 1.01. The van der Waals surface area contributed by atoms with E-state index >= 15 is 0 Å². The molecule has 1 aromatic heterocycles. The summed E-state index contributed by atoms with van der Waals surface area (Å²) in [5, 5.41) is 3.78. The number of halogens is 1. The summed E-state index contributed by atoms with van der Waals surface area (Å²) in [6.45, 7) is 5.39. The van der Waals surface area contributed by atoms with Crippen molar-refractivity contribution in [2.45, 2.75) is 26.4 Å². The Morgan fingerprint density at radius 3 is 2.75 bits per heavy atom. The van der Waals surface area contributed by atoms with Crippen LogP contribution in [0.3, 0.4) is 0 Å². The van der Waals surface area contributed by atoms with Crippen molar-refractivity contribution in [3.8, 4) is 0 Å². The minimum Gasteiger partial charge on any atom is -0.443 e. The van der Waals surface area contributed by atoms with Crippen molar-refractivity contribution >= 4 is 39.6 Å². The molecule has 1 rings (SSSR count). The van der Waals surface area contributed by atoms with Crippen LogP contribution in [-0.2, 0) is 4.74 Å². The van der Waals surface area contributed by atoms with Gasteiger partial charge in [-0.15, -0.1) is 11.3 Å². The first-order valence-electron chi connectivity index (χ1n) is 4.64. The fourth-order valence-electron chi connectivity index (χ4n) is 0.847. The van der Waals surface area contributed by atoms with Crippen LogP contribution in [0.2, 0.25) is 0 Å². The molecule has 0 bridgehead atoms. The Hall–Kier alpha value is -0.880. The van der Waals surface area contributed by atoms with E-state index in [1.807, 2.05) is 12.1 Å². The van der Waals surface area contributed by atoms with Gasteiger partial charge in [0.2, 0.25) is 0 Å². The van der Waals surface area contributed by atoms with Crippen molar-refractivity contribution < 1.29 is 9.53 Å². The van der Waals surface area contributed by atoms with E-state index < -0.39 is 11.7 Å². The quantitative estimate of drug-likeness (QED) is 0.673. The fourth-order valence-corrected chi connectivity index (χ4v) is 2.14. The lowest BCUT2D eigenvalue weighted by molar-refractivity contribution is 0.0529. The molecule has 0 aliphatic heterocycles. The van der Waals surface area contributed by atoms with Crippen molar-refractivity contribution in [1.82, 2.24) is 5.43 Å². The van der Waals surface area contributed by atoms with Crippen LogP contribution >= 0.6 is 27.3 Å². The van der Waals surface area contributed by atoms with E-state index in [0.29, 0.717) is 0 Å². The lowest BCUT2D eigenvalue weighted by Crippen LogP contribution is -2.29. The summed E-state index contributed by atoms with van der Waals surface area (Å²) in [7, 11) is 0. The van der Waals surface area contributed by atoms with Crippen molar-refractivity contribution in [2.24, 2.45) is 5.10 Å². The first kappa shape index (κ1) is 13.2. The average Bonchev–Trinajstić information content (AvgIpc) is 2.48. The van der Waals surface area contributed by atoms with Crippen molar-refractivity contribution in [1.29, 1.82) is 0 Å². The highest BCUT2D eigenvalue weighted by atomic mass is 79.9. The van der Waals surface area contributed by atoms with E-state index in [1.54, 1.807) is 27.0 Å². The lowest BCUT2D eigenvalue weighted by atomic mass is 10.2. The van der Waals surface area contributed by atoms with Gasteiger partial charge >= 0.3 is 6.09 Å². The minimum atomic E-state index is -0.556. The van der Waals surface area contributed by atoms with E-state index in [9.17, 15) is 4.79 Å². The van der Waals surface area contributed by atoms with Gasteiger partial charge in [0.25, 0.3) is 0 Å². The third-order valence-corrected chi connectivity index (χ3v) is 2.90. The predicted molar refractivity (Wildman–Crippen MR) is 69.0 cm³/mol. The Bertz CT molecular complexity index is 396. The van der Waals surface area contributed by atoms with E-state index in [1.165, 1.54) is 11.3 Å². The molecule has 0 saturated carbocycles. The predicted octanol–water partition coefficient (Wildman–Crippen LogP) is 3.37. The molecular weight excluding hydrogens is 292 g/mol. The molecular formula is C10H13BrN2O2S. The van der Waals surface area contributed by atoms with Crippen LogP contribution in [-0.4, -0.2) is 17.9 Å². The van der Waals surface area contributed by atoms with Crippen LogP contribution in [0.25, 0.3) is 0 Å². The van der Waals surface area contributed by atoms with Gasteiger partial charge in [0.05, 0.1) is 10.0 Å². The molecule has 0 aliphatic carbocycles. The molecule has 6 heteroatoms. The molecule has 1 amide bonds. The molecule has 0 unspecified atom stereocenters. The highest BCUT2D eigenvalue weighted by Crippen LogP contribution is 2.20. The normalized spacial score (nSPS) is 11.8. The number of hydrogen-bond donors (Lipinski definition) is 1. The monoisotopic (exact) mass is 304 g/mol. The molecule has 16 heavy (non-hydrogen) atoms. The summed E-state index contributed by atoms with van der Waals surface area (Å²) in [5.74, 6) is 0. The third kappa shape index (κ3) is 5.27. The number of nitrogens with zero attached hydrogens (tertiary/aromatic N) is 1. The van der Waals surface area contributed by atoms with Gasteiger partial charge < -0.3 is 4.74 Å². The number of carbonyl (C=O) groups excluding carboxylic acids is 1. The molecule has 88 valence electrons. The van der Waals surface area contributed by atoms with E-state index in [4.69, 9.17) is 4.74 Å². The number of carbonyl (C=O) groups is 1. The van der Waals surface area contributed by atoms with Gasteiger partial charge in [-0.3, -0.25) is 0 Å². The maximum atomic E-state index is 11.2. The van der Waals surface area contributed by atoms with Crippen LogP contribution < -0.4 is 5.43 Å². The zero-order valence-electron chi connectivity index (χ0n) is 9.28. The molecule has 0 fully saturated rings. The number of hydrazone groups is 1. The number of hydrogen-bond acceptors (Lipinski definition) is 4.